The summed E-state index contributed by atoms with van der Waals surface area (Å²) in [4.78, 5) is 11.2. The van der Waals surface area contributed by atoms with Gasteiger partial charge in [0, 0.05) is 12.6 Å². The topological polar surface area (TPSA) is 61.4 Å². The van der Waals surface area contributed by atoms with Crippen molar-refractivity contribution in [2.24, 2.45) is 0 Å². The fourth-order valence-electron chi connectivity index (χ4n) is 1.43. The van der Waals surface area contributed by atoms with Gasteiger partial charge in [0.05, 0.1) is 5.56 Å². The number of amides is 2. The third kappa shape index (κ3) is 3.96. The lowest BCUT2D eigenvalue weighted by Crippen LogP contribution is -2.41. The zero-order valence-electron chi connectivity index (χ0n) is 10.2. The standard InChI is InChI=1S/C12H16F2N2O2/c1-7(2)16-12(18)15-6-10(17)11-8(13)4-3-5-9(11)14/h3-5,7,10,17H,6H2,1-2H3,(H2,15,16,18). The molecule has 0 saturated carbocycles. The Balaban J connectivity index is 2.61. The molecule has 0 aliphatic carbocycles. The van der Waals surface area contributed by atoms with Gasteiger partial charge in [-0.1, -0.05) is 6.07 Å². The lowest BCUT2D eigenvalue weighted by Gasteiger charge is -2.15. The first-order valence-corrected chi connectivity index (χ1v) is 5.58. The van der Waals surface area contributed by atoms with E-state index in [4.69, 9.17) is 0 Å². The van der Waals surface area contributed by atoms with Crippen LogP contribution < -0.4 is 10.6 Å². The number of urea groups is 1. The molecule has 1 rings (SSSR count). The van der Waals surface area contributed by atoms with Gasteiger partial charge in [-0.05, 0) is 26.0 Å². The fourth-order valence-corrected chi connectivity index (χ4v) is 1.43. The van der Waals surface area contributed by atoms with E-state index in [1.54, 1.807) is 13.8 Å². The van der Waals surface area contributed by atoms with Crippen LogP contribution >= 0.6 is 0 Å². The molecule has 0 bridgehead atoms. The fraction of sp³-hybridized carbons (Fsp3) is 0.417. The highest BCUT2D eigenvalue weighted by Gasteiger charge is 2.18. The van der Waals surface area contributed by atoms with E-state index in [0.29, 0.717) is 0 Å². The monoisotopic (exact) mass is 258 g/mol. The van der Waals surface area contributed by atoms with Gasteiger partial charge >= 0.3 is 6.03 Å². The number of aliphatic hydroxyl groups excluding tert-OH is 1. The predicted molar refractivity (Wildman–Crippen MR) is 63.0 cm³/mol. The molecule has 0 aliphatic rings. The van der Waals surface area contributed by atoms with E-state index in [9.17, 15) is 18.7 Å². The van der Waals surface area contributed by atoms with Crippen LogP contribution in [0.5, 0.6) is 0 Å². The highest BCUT2D eigenvalue weighted by molar-refractivity contribution is 5.74. The Morgan fingerprint density at radius 1 is 1.33 bits per heavy atom. The molecule has 4 nitrogen and oxygen atoms in total. The molecule has 18 heavy (non-hydrogen) atoms. The maximum absolute atomic E-state index is 13.3. The molecular formula is C12H16F2N2O2. The van der Waals surface area contributed by atoms with Crippen molar-refractivity contribution in [1.82, 2.24) is 10.6 Å². The third-order valence-electron chi connectivity index (χ3n) is 2.21. The van der Waals surface area contributed by atoms with E-state index < -0.39 is 29.3 Å². The first kappa shape index (κ1) is 14.4. The molecular weight excluding hydrogens is 242 g/mol. The average Bonchev–Trinajstić information content (AvgIpc) is 2.25. The smallest absolute Gasteiger partial charge is 0.315 e. The summed E-state index contributed by atoms with van der Waals surface area (Å²) in [6.45, 7) is 3.27. The van der Waals surface area contributed by atoms with Gasteiger partial charge in [0.15, 0.2) is 0 Å². The lowest BCUT2D eigenvalue weighted by atomic mass is 10.1. The van der Waals surface area contributed by atoms with Crippen molar-refractivity contribution in [2.45, 2.75) is 26.0 Å². The van der Waals surface area contributed by atoms with Gasteiger partial charge in [0.1, 0.15) is 17.7 Å². The van der Waals surface area contributed by atoms with Crippen LogP contribution in [0.1, 0.15) is 25.5 Å². The SMILES string of the molecule is CC(C)NC(=O)NCC(O)c1c(F)cccc1F. The number of rotatable bonds is 4. The number of carbonyl (C=O) groups excluding carboxylic acids is 1. The maximum atomic E-state index is 13.3. The molecule has 1 aromatic carbocycles. The van der Waals surface area contributed by atoms with Crippen LogP contribution in [0.3, 0.4) is 0 Å². The molecule has 0 fully saturated rings. The molecule has 100 valence electrons. The molecule has 0 aromatic heterocycles. The minimum atomic E-state index is -1.43. The summed E-state index contributed by atoms with van der Waals surface area (Å²) in [5, 5.41) is 14.5. The molecule has 1 unspecified atom stereocenters. The molecule has 1 atom stereocenters. The highest BCUT2D eigenvalue weighted by Crippen LogP contribution is 2.19. The summed E-state index contributed by atoms with van der Waals surface area (Å²) in [7, 11) is 0. The van der Waals surface area contributed by atoms with Gasteiger partial charge in [-0.3, -0.25) is 0 Å². The van der Waals surface area contributed by atoms with E-state index in [1.165, 1.54) is 6.07 Å². The molecule has 0 heterocycles. The Hall–Kier alpha value is -1.69. The molecule has 1 aromatic rings. The number of benzene rings is 1. The second-order valence-corrected chi connectivity index (χ2v) is 4.16. The lowest BCUT2D eigenvalue weighted by molar-refractivity contribution is 0.164. The summed E-state index contributed by atoms with van der Waals surface area (Å²) in [5.74, 6) is -1.68. The Labute approximate surface area is 104 Å². The zero-order chi connectivity index (χ0) is 13.7. The minimum Gasteiger partial charge on any atom is -0.386 e. The summed E-state index contributed by atoms with van der Waals surface area (Å²) in [6.07, 6.45) is -1.43. The van der Waals surface area contributed by atoms with E-state index in [0.717, 1.165) is 12.1 Å². The number of hydrogen-bond donors (Lipinski definition) is 3. The van der Waals surface area contributed by atoms with Crippen LogP contribution in [-0.2, 0) is 0 Å². The Bertz CT molecular complexity index is 404. The van der Waals surface area contributed by atoms with Crippen molar-refractivity contribution in [3.8, 4) is 0 Å². The summed E-state index contributed by atoms with van der Waals surface area (Å²) < 4.78 is 26.6. The summed E-state index contributed by atoms with van der Waals surface area (Å²) in [6, 6.07) is 2.75. The zero-order valence-corrected chi connectivity index (χ0v) is 10.2. The third-order valence-corrected chi connectivity index (χ3v) is 2.21. The van der Waals surface area contributed by atoms with Gasteiger partial charge in [-0.2, -0.15) is 0 Å². The maximum Gasteiger partial charge on any atom is 0.315 e. The van der Waals surface area contributed by atoms with E-state index in [2.05, 4.69) is 10.6 Å². The van der Waals surface area contributed by atoms with Crippen molar-refractivity contribution in [2.75, 3.05) is 6.54 Å². The van der Waals surface area contributed by atoms with Gasteiger partial charge < -0.3 is 15.7 Å². The first-order chi connectivity index (χ1) is 8.41. The molecule has 0 spiro atoms. The normalized spacial score (nSPS) is 12.3. The van der Waals surface area contributed by atoms with Crippen LogP contribution in [-0.4, -0.2) is 23.7 Å². The highest BCUT2D eigenvalue weighted by atomic mass is 19.1. The Morgan fingerprint density at radius 2 is 1.89 bits per heavy atom. The van der Waals surface area contributed by atoms with Gasteiger partial charge in [0.2, 0.25) is 0 Å². The van der Waals surface area contributed by atoms with Crippen molar-refractivity contribution in [3.05, 3.63) is 35.4 Å². The van der Waals surface area contributed by atoms with Gasteiger partial charge in [0.25, 0.3) is 0 Å². The van der Waals surface area contributed by atoms with Crippen molar-refractivity contribution in [1.29, 1.82) is 0 Å². The van der Waals surface area contributed by atoms with Gasteiger partial charge in [-0.25, -0.2) is 13.6 Å². The number of aliphatic hydroxyl groups is 1. The van der Waals surface area contributed by atoms with Crippen molar-refractivity contribution >= 4 is 6.03 Å². The average molecular weight is 258 g/mol. The molecule has 2 amide bonds. The van der Waals surface area contributed by atoms with Crippen LogP contribution in [0.15, 0.2) is 18.2 Å². The first-order valence-electron chi connectivity index (χ1n) is 5.58. The predicted octanol–water partition coefficient (Wildman–Crippen LogP) is 1.71. The van der Waals surface area contributed by atoms with Crippen molar-refractivity contribution < 1.29 is 18.7 Å². The van der Waals surface area contributed by atoms with E-state index >= 15 is 0 Å². The Morgan fingerprint density at radius 3 is 2.39 bits per heavy atom. The summed E-state index contributed by atoms with van der Waals surface area (Å²) >= 11 is 0. The Kier molecular flexibility index (Phi) is 5.03. The van der Waals surface area contributed by atoms with Crippen LogP contribution in [0.25, 0.3) is 0 Å². The van der Waals surface area contributed by atoms with Crippen LogP contribution in [0, 0.1) is 11.6 Å². The second-order valence-electron chi connectivity index (χ2n) is 4.16. The molecule has 0 aliphatic heterocycles. The largest absolute Gasteiger partial charge is 0.386 e. The van der Waals surface area contributed by atoms with Crippen molar-refractivity contribution in [3.63, 3.8) is 0 Å². The number of carbonyl (C=O) groups is 1. The molecule has 6 heteroatoms. The van der Waals surface area contributed by atoms with E-state index in [-0.39, 0.29) is 12.6 Å². The molecule has 3 N–H and O–H groups in total. The second kappa shape index (κ2) is 6.30. The minimum absolute atomic E-state index is 0.0626. The number of halogens is 2. The number of hydrogen-bond acceptors (Lipinski definition) is 2. The number of nitrogens with one attached hydrogen (secondary N) is 2. The molecule has 0 saturated heterocycles. The quantitative estimate of drug-likeness (QED) is 0.770. The summed E-state index contributed by atoms with van der Waals surface area (Å²) in [5.41, 5.74) is -0.442. The van der Waals surface area contributed by atoms with Crippen LogP contribution in [0.4, 0.5) is 13.6 Å². The van der Waals surface area contributed by atoms with Crippen LogP contribution in [0.2, 0.25) is 0 Å². The molecule has 0 radical (unpaired) electrons. The van der Waals surface area contributed by atoms with Gasteiger partial charge in [-0.15, -0.1) is 0 Å². The van der Waals surface area contributed by atoms with E-state index in [1.807, 2.05) is 0 Å².